The number of rotatable bonds is 12. The molecular weight excluding hydrogens is 618 g/mol. The highest BCUT2D eigenvalue weighted by Gasteiger charge is 2.33. The number of sulfonamides is 1. The van der Waals surface area contributed by atoms with Gasteiger partial charge in [0.15, 0.2) is 0 Å². The number of methoxy groups -OCH3 is 1. The van der Waals surface area contributed by atoms with E-state index >= 15 is 0 Å². The van der Waals surface area contributed by atoms with Crippen molar-refractivity contribution in [1.29, 1.82) is 0 Å². The Bertz CT molecular complexity index is 1420. The van der Waals surface area contributed by atoms with E-state index in [9.17, 15) is 18.0 Å². The van der Waals surface area contributed by atoms with E-state index in [4.69, 9.17) is 16.3 Å². The average Bonchev–Trinajstić information content (AvgIpc) is 2.95. The monoisotopic (exact) mass is 649 g/mol. The number of amides is 2. The number of nitrogens with zero attached hydrogens (tertiary/aromatic N) is 2. The number of hydrogen-bond donors (Lipinski definition) is 1. The minimum absolute atomic E-state index is 0.0109. The summed E-state index contributed by atoms with van der Waals surface area (Å²) >= 11 is 9.75. The Kier molecular flexibility index (Phi) is 11.0. The lowest BCUT2D eigenvalue weighted by atomic mass is 10.1. The van der Waals surface area contributed by atoms with Crippen LogP contribution in [0.1, 0.15) is 32.8 Å². The molecule has 0 radical (unpaired) electrons. The molecule has 0 unspecified atom stereocenters. The zero-order valence-electron chi connectivity index (χ0n) is 22.8. The van der Waals surface area contributed by atoms with Crippen LogP contribution in [0.4, 0.5) is 5.69 Å². The second-order valence-corrected chi connectivity index (χ2v) is 12.5. The number of benzene rings is 3. The van der Waals surface area contributed by atoms with Crippen molar-refractivity contribution in [2.24, 2.45) is 0 Å². The van der Waals surface area contributed by atoms with Gasteiger partial charge in [-0.25, -0.2) is 8.42 Å². The average molecular weight is 651 g/mol. The minimum Gasteiger partial charge on any atom is -0.495 e. The van der Waals surface area contributed by atoms with E-state index in [0.717, 1.165) is 20.8 Å². The van der Waals surface area contributed by atoms with Crippen LogP contribution in [0.25, 0.3) is 0 Å². The van der Waals surface area contributed by atoms with Gasteiger partial charge in [0.25, 0.3) is 10.0 Å². The Labute approximate surface area is 249 Å². The molecule has 0 saturated carbocycles. The molecule has 8 nitrogen and oxygen atoms in total. The highest BCUT2D eigenvalue weighted by molar-refractivity contribution is 9.10. The normalized spacial score (nSPS) is 12.8. The van der Waals surface area contributed by atoms with Crippen LogP contribution in [-0.4, -0.2) is 50.9 Å². The van der Waals surface area contributed by atoms with Crippen molar-refractivity contribution in [3.05, 3.63) is 87.9 Å². The van der Waals surface area contributed by atoms with Gasteiger partial charge in [0.05, 0.1) is 22.7 Å². The van der Waals surface area contributed by atoms with Crippen molar-refractivity contribution in [3.63, 3.8) is 0 Å². The highest BCUT2D eigenvalue weighted by Crippen LogP contribution is 2.32. The number of carbonyl (C=O) groups is 2. The number of hydrogen-bond acceptors (Lipinski definition) is 5. The van der Waals surface area contributed by atoms with Crippen molar-refractivity contribution in [2.45, 2.75) is 50.7 Å². The van der Waals surface area contributed by atoms with Gasteiger partial charge in [-0.3, -0.25) is 13.9 Å². The molecule has 2 atom stereocenters. The zero-order valence-corrected chi connectivity index (χ0v) is 26.0. The van der Waals surface area contributed by atoms with Gasteiger partial charge < -0.3 is 15.0 Å². The molecule has 0 aliphatic carbocycles. The van der Waals surface area contributed by atoms with Gasteiger partial charge >= 0.3 is 0 Å². The molecule has 3 aromatic rings. The summed E-state index contributed by atoms with van der Waals surface area (Å²) in [4.78, 5) is 28.5. The Hall–Kier alpha value is -3.08. The van der Waals surface area contributed by atoms with Crippen molar-refractivity contribution in [1.82, 2.24) is 10.2 Å². The fourth-order valence-electron chi connectivity index (χ4n) is 3.89. The van der Waals surface area contributed by atoms with E-state index in [-0.39, 0.29) is 34.1 Å². The van der Waals surface area contributed by atoms with E-state index in [0.29, 0.717) is 5.75 Å². The first kappa shape index (κ1) is 31.4. The van der Waals surface area contributed by atoms with E-state index in [1.165, 1.54) is 42.3 Å². The Morgan fingerprint density at radius 2 is 1.68 bits per heavy atom. The topological polar surface area (TPSA) is 96.0 Å². The maximum atomic E-state index is 14.0. The summed E-state index contributed by atoms with van der Waals surface area (Å²) in [5.41, 5.74) is 0.966. The van der Waals surface area contributed by atoms with Crippen molar-refractivity contribution >= 4 is 55.1 Å². The molecule has 11 heteroatoms. The van der Waals surface area contributed by atoms with Crippen LogP contribution in [-0.2, 0) is 26.2 Å². The van der Waals surface area contributed by atoms with Crippen LogP contribution >= 0.6 is 27.5 Å². The summed E-state index contributed by atoms with van der Waals surface area (Å²) in [5.74, 6) is -0.521. The third-order valence-electron chi connectivity index (χ3n) is 6.47. The van der Waals surface area contributed by atoms with E-state index in [2.05, 4.69) is 21.2 Å². The van der Waals surface area contributed by atoms with Gasteiger partial charge in [-0.15, -0.1) is 0 Å². The van der Waals surface area contributed by atoms with Gasteiger partial charge in [0.2, 0.25) is 11.8 Å². The Morgan fingerprint density at radius 1 is 1.02 bits per heavy atom. The van der Waals surface area contributed by atoms with Crippen molar-refractivity contribution in [2.75, 3.05) is 18.0 Å². The highest BCUT2D eigenvalue weighted by atomic mass is 79.9. The number of ether oxygens (including phenoxy) is 1. The second kappa shape index (κ2) is 14.0. The van der Waals surface area contributed by atoms with Gasteiger partial charge in [0.1, 0.15) is 18.3 Å². The molecule has 0 aromatic heterocycles. The predicted octanol–water partition coefficient (Wildman–Crippen LogP) is 5.64. The number of nitrogens with one attached hydrogen (secondary N) is 1. The number of anilines is 1. The molecule has 3 aromatic carbocycles. The van der Waals surface area contributed by atoms with Gasteiger partial charge in [-0.05, 0) is 68.3 Å². The third-order valence-corrected chi connectivity index (χ3v) is 9.08. The summed E-state index contributed by atoms with van der Waals surface area (Å²) in [6.07, 6.45) is 0.723. The predicted molar refractivity (Wildman–Crippen MR) is 161 cm³/mol. The van der Waals surface area contributed by atoms with Crippen molar-refractivity contribution < 1.29 is 22.7 Å². The number of carbonyl (C=O) groups excluding carboxylic acids is 2. The lowest BCUT2D eigenvalue weighted by molar-refractivity contribution is -0.139. The third kappa shape index (κ3) is 7.77. The molecule has 1 N–H and O–H groups in total. The first-order valence-corrected chi connectivity index (χ1v) is 15.3. The minimum atomic E-state index is -4.19. The quantitative estimate of drug-likeness (QED) is 0.274. The molecule has 0 heterocycles. The molecule has 0 aliphatic rings. The van der Waals surface area contributed by atoms with Crippen LogP contribution in [0.3, 0.4) is 0 Å². The van der Waals surface area contributed by atoms with Gasteiger partial charge in [-0.2, -0.15) is 0 Å². The zero-order chi connectivity index (χ0) is 29.4. The summed E-state index contributed by atoms with van der Waals surface area (Å²) in [5, 5.41) is 3.11. The molecule has 0 saturated heterocycles. The Balaban J connectivity index is 2.04. The van der Waals surface area contributed by atoms with Crippen LogP contribution < -0.4 is 14.4 Å². The van der Waals surface area contributed by atoms with Gasteiger partial charge in [0, 0.05) is 17.1 Å². The van der Waals surface area contributed by atoms with Crippen LogP contribution in [0.5, 0.6) is 5.75 Å². The lowest BCUT2D eigenvalue weighted by Gasteiger charge is -2.32. The van der Waals surface area contributed by atoms with Crippen LogP contribution in [0, 0.1) is 0 Å². The standard InChI is InChI=1S/C29H33BrClN3O5S/c1-5-20(2)32-29(36)21(3)33(18-22-11-13-23(30)14-12-22)28(35)19-34(24-15-16-27(39-4)26(31)17-24)40(37,38)25-9-7-6-8-10-25/h6-17,20-21H,5,18-19H2,1-4H3,(H,32,36)/t20-,21+/m1/s1. The smallest absolute Gasteiger partial charge is 0.264 e. The maximum Gasteiger partial charge on any atom is 0.264 e. The summed E-state index contributed by atoms with van der Waals surface area (Å²) in [6, 6.07) is 18.7. The first-order valence-electron chi connectivity index (χ1n) is 12.7. The second-order valence-electron chi connectivity index (χ2n) is 9.29. The summed E-state index contributed by atoms with van der Waals surface area (Å²) in [7, 11) is -2.73. The molecule has 0 bridgehead atoms. The molecule has 214 valence electrons. The largest absolute Gasteiger partial charge is 0.495 e. The van der Waals surface area contributed by atoms with Gasteiger partial charge in [-0.1, -0.05) is 64.8 Å². The van der Waals surface area contributed by atoms with Crippen LogP contribution in [0.15, 0.2) is 82.2 Å². The van der Waals surface area contributed by atoms with E-state index < -0.39 is 28.5 Å². The lowest BCUT2D eigenvalue weighted by Crippen LogP contribution is -2.52. The molecule has 3 rings (SSSR count). The fourth-order valence-corrected chi connectivity index (χ4v) is 5.84. The fraction of sp³-hybridized carbons (Fsp3) is 0.310. The van der Waals surface area contributed by atoms with Crippen molar-refractivity contribution in [3.8, 4) is 5.75 Å². The molecule has 40 heavy (non-hydrogen) atoms. The van der Waals surface area contributed by atoms with Crippen LogP contribution in [0.2, 0.25) is 5.02 Å². The number of halogens is 2. The molecule has 0 aliphatic heterocycles. The molecule has 0 spiro atoms. The molecule has 0 fully saturated rings. The van der Waals surface area contributed by atoms with E-state index in [1.807, 2.05) is 38.1 Å². The Morgan fingerprint density at radius 3 is 2.25 bits per heavy atom. The SMILES string of the molecule is CC[C@@H](C)NC(=O)[C@H](C)N(Cc1ccc(Br)cc1)C(=O)CN(c1ccc(OC)c(Cl)c1)S(=O)(=O)c1ccccc1. The summed E-state index contributed by atoms with van der Waals surface area (Å²) < 4.78 is 34.8. The summed E-state index contributed by atoms with van der Waals surface area (Å²) in [6.45, 7) is 5.01. The molecule has 2 amide bonds. The molecular formula is C29H33BrClN3O5S. The van der Waals surface area contributed by atoms with E-state index in [1.54, 1.807) is 25.1 Å². The first-order chi connectivity index (χ1) is 19.0. The maximum absolute atomic E-state index is 14.0.